The van der Waals surface area contributed by atoms with Crippen LogP contribution in [0.4, 0.5) is 0 Å². The first-order valence-corrected chi connectivity index (χ1v) is 11.6. The number of benzene rings is 2. The van der Waals surface area contributed by atoms with Gasteiger partial charge in [0, 0.05) is 45.2 Å². The molecule has 1 aliphatic carbocycles. The molecule has 2 N–H and O–H groups in total. The number of hydrogen-bond donors (Lipinski definition) is 2. The Labute approximate surface area is 191 Å². The molecule has 2 aromatic rings. The van der Waals surface area contributed by atoms with Crippen molar-refractivity contribution in [1.82, 2.24) is 15.5 Å². The fraction of sp³-hybridized carbons (Fsp3) is 0.462. The predicted octanol–water partition coefficient (Wildman–Crippen LogP) is 3.77. The van der Waals surface area contributed by atoms with E-state index in [1.165, 1.54) is 29.5 Å². The van der Waals surface area contributed by atoms with E-state index in [1.807, 2.05) is 4.90 Å². The van der Waals surface area contributed by atoms with Crippen LogP contribution in [0.15, 0.2) is 47.5 Å². The Balaban J connectivity index is 1.30. The van der Waals surface area contributed by atoms with Gasteiger partial charge < -0.3 is 20.3 Å². The molecule has 0 radical (unpaired) electrons. The Morgan fingerprint density at radius 2 is 1.94 bits per heavy atom. The summed E-state index contributed by atoms with van der Waals surface area (Å²) in [5.74, 6) is 2.70. The quantitative estimate of drug-likeness (QED) is 0.466. The highest BCUT2D eigenvalue weighted by Crippen LogP contribution is 2.30. The first-order valence-electron chi connectivity index (χ1n) is 11.6. The number of aliphatic imine (C=N–C) groups is 1. The van der Waals surface area contributed by atoms with Crippen LogP contribution in [0.2, 0.25) is 0 Å². The van der Waals surface area contributed by atoms with Crippen molar-refractivity contribution in [3.63, 3.8) is 0 Å². The largest absolute Gasteiger partial charge is 0.493 e. The number of amides is 1. The molecule has 6 nitrogen and oxygen atoms in total. The molecule has 0 atom stereocenters. The maximum atomic E-state index is 11.9. The smallest absolute Gasteiger partial charge is 0.222 e. The van der Waals surface area contributed by atoms with Gasteiger partial charge in [-0.2, -0.15) is 0 Å². The van der Waals surface area contributed by atoms with Crippen molar-refractivity contribution in [2.45, 2.75) is 52.2 Å². The SMILES string of the molecule is CN=C(NCc1cccc(CN2CCCC2=O)c1)NCc1ccc(C)cc1OCC1CC1. The Morgan fingerprint density at radius 1 is 1.12 bits per heavy atom. The highest BCUT2D eigenvalue weighted by Gasteiger charge is 2.22. The van der Waals surface area contributed by atoms with Gasteiger partial charge in [-0.25, -0.2) is 0 Å². The monoisotopic (exact) mass is 434 g/mol. The van der Waals surface area contributed by atoms with Crippen LogP contribution in [0, 0.1) is 12.8 Å². The molecule has 6 heteroatoms. The van der Waals surface area contributed by atoms with Crippen LogP contribution in [0.1, 0.15) is 47.9 Å². The molecule has 0 spiro atoms. The number of carbonyl (C=O) groups excluding carboxylic acids is 1. The number of likely N-dealkylation sites (tertiary alicyclic amines) is 1. The van der Waals surface area contributed by atoms with E-state index in [2.05, 4.69) is 65.0 Å². The lowest BCUT2D eigenvalue weighted by Crippen LogP contribution is -2.36. The summed E-state index contributed by atoms with van der Waals surface area (Å²) in [6.07, 6.45) is 4.21. The molecule has 32 heavy (non-hydrogen) atoms. The second kappa shape index (κ2) is 10.5. The van der Waals surface area contributed by atoms with Crippen LogP contribution in [-0.2, 0) is 24.4 Å². The lowest BCUT2D eigenvalue weighted by molar-refractivity contribution is -0.128. The normalized spacial score (nSPS) is 16.4. The summed E-state index contributed by atoms with van der Waals surface area (Å²) in [6, 6.07) is 14.8. The molecule has 0 unspecified atom stereocenters. The topological polar surface area (TPSA) is 66.0 Å². The number of carbonyl (C=O) groups is 1. The summed E-state index contributed by atoms with van der Waals surface area (Å²) < 4.78 is 6.08. The number of aryl methyl sites for hydroxylation is 1. The van der Waals surface area contributed by atoms with Crippen molar-refractivity contribution < 1.29 is 9.53 Å². The zero-order valence-corrected chi connectivity index (χ0v) is 19.2. The van der Waals surface area contributed by atoms with Crippen molar-refractivity contribution in [2.24, 2.45) is 10.9 Å². The number of hydrogen-bond acceptors (Lipinski definition) is 3. The lowest BCUT2D eigenvalue weighted by Gasteiger charge is -2.17. The van der Waals surface area contributed by atoms with Crippen LogP contribution in [0.3, 0.4) is 0 Å². The Bertz CT molecular complexity index is 968. The van der Waals surface area contributed by atoms with Gasteiger partial charge in [-0.15, -0.1) is 0 Å². The van der Waals surface area contributed by atoms with Gasteiger partial charge in [0.05, 0.1) is 6.61 Å². The first kappa shape index (κ1) is 22.2. The van der Waals surface area contributed by atoms with Gasteiger partial charge in [0.15, 0.2) is 5.96 Å². The summed E-state index contributed by atoms with van der Waals surface area (Å²) in [5.41, 5.74) is 4.68. The van der Waals surface area contributed by atoms with E-state index in [1.54, 1.807) is 7.05 Å². The third-order valence-electron chi connectivity index (χ3n) is 6.06. The fourth-order valence-electron chi connectivity index (χ4n) is 3.95. The maximum absolute atomic E-state index is 11.9. The molecular formula is C26H34N4O2. The molecule has 1 saturated carbocycles. The molecule has 170 valence electrons. The molecule has 0 aromatic heterocycles. The number of guanidine groups is 1. The van der Waals surface area contributed by atoms with Gasteiger partial charge in [-0.3, -0.25) is 9.79 Å². The van der Waals surface area contributed by atoms with Gasteiger partial charge in [-0.1, -0.05) is 36.4 Å². The predicted molar refractivity (Wildman–Crippen MR) is 128 cm³/mol. The number of nitrogens with one attached hydrogen (secondary N) is 2. The maximum Gasteiger partial charge on any atom is 0.222 e. The van der Waals surface area contributed by atoms with E-state index >= 15 is 0 Å². The van der Waals surface area contributed by atoms with E-state index in [9.17, 15) is 4.79 Å². The Hall–Kier alpha value is -3.02. The van der Waals surface area contributed by atoms with Crippen LogP contribution in [0.5, 0.6) is 5.75 Å². The number of nitrogens with zero attached hydrogens (tertiary/aromatic N) is 2. The standard InChI is InChI=1S/C26H34N4O2/c1-19-8-11-23(24(13-19)32-18-20-9-10-20)16-29-26(27-2)28-15-21-5-3-6-22(14-21)17-30-12-4-7-25(30)31/h3,5-6,8,11,13-14,20H,4,7,9-10,12,15-18H2,1-2H3,(H2,27,28,29). The second-order valence-corrected chi connectivity index (χ2v) is 8.88. The second-order valence-electron chi connectivity index (χ2n) is 8.88. The number of rotatable bonds is 9. The molecule has 2 aliphatic rings. The summed E-state index contributed by atoms with van der Waals surface area (Å²) >= 11 is 0. The molecule has 1 aliphatic heterocycles. The number of ether oxygens (including phenoxy) is 1. The van der Waals surface area contributed by atoms with E-state index < -0.39 is 0 Å². The molecule has 1 heterocycles. The zero-order valence-electron chi connectivity index (χ0n) is 19.2. The van der Waals surface area contributed by atoms with Crippen LogP contribution in [0.25, 0.3) is 0 Å². The fourth-order valence-corrected chi connectivity index (χ4v) is 3.95. The highest BCUT2D eigenvalue weighted by molar-refractivity contribution is 5.79. The van der Waals surface area contributed by atoms with Gasteiger partial charge in [0.1, 0.15) is 5.75 Å². The highest BCUT2D eigenvalue weighted by atomic mass is 16.5. The van der Waals surface area contributed by atoms with Crippen molar-refractivity contribution >= 4 is 11.9 Å². The van der Waals surface area contributed by atoms with Crippen molar-refractivity contribution in [2.75, 3.05) is 20.2 Å². The molecule has 4 rings (SSSR count). The van der Waals surface area contributed by atoms with E-state index in [-0.39, 0.29) is 5.91 Å². The van der Waals surface area contributed by atoms with Crippen LogP contribution in [-0.4, -0.2) is 37.0 Å². The summed E-state index contributed by atoms with van der Waals surface area (Å²) in [5, 5.41) is 6.80. The molecule has 2 fully saturated rings. The van der Waals surface area contributed by atoms with Crippen molar-refractivity contribution in [3.8, 4) is 5.75 Å². The van der Waals surface area contributed by atoms with Gasteiger partial charge in [0.25, 0.3) is 0 Å². The van der Waals surface area contributed by atoms with Crippen molar-refractivity contribution in [3.05, 3.63) is 64.7 Å². The zero-order chi connectivity index (χ0) is 22.3. The van der Waals surface area contributed by atoms with Crippen LogP contribution >= 0.6 is 0 Å². The summed E-state index contributed by atoms with van der Waals surface area (Å²) in [4.78, 5) is 18.2. The third-order valence-corrected chi connectivity index (χ3v) is 6.06. The summed E-state index contributed by atoms with van der Waals surface area (Å²) in [7, 11) is 1.78. The van der Waals surface area contributed by atoms with Gasteiger partial charge >= 0.3 is 0 Å². The van der Waals surface area contributed by atoms with E-state index in [0.29, 0.717) is 26.1 Å². The first-order chi connectivity index (χ1) is 15.6. The molecular weight excluding hydrogens is 400 g/mol. The Kier molecular flexibility index (Phi) is 7.30. The van der Waals surface area contributed by atoms with Crippen molar-refractivity contribution in [1.29, 1.82) is 0 Å². The molecule has 0 bridgehead atoms. The van der Waals surface area contributed by atoms with Gasteiger partial charge in [0.2, 0.25) is 5.91 Å². The third kappa shape index (κ3) is 6.25. The molecule has 1 amide bonds. The summed E-state index contributed by atoms with van der Waals surface area (Å²) in [6.45, 7) is 5.77. The minimum Gasteiger partial charge on any atom is -0.493 e. The van der Waals surface area contributed by atoms with Gasteiger partial charge in [-0.05, 0) is 54.9 Å². The van der Waals surface area contributed by atoms with E-state index in [4.69, 9.17) is 4.74 Å². The lowest BCUT2D eigenvalue weighted by atomic mass is 10.1. The minimum absolute atomic E-state index is 0.259. The molecule has 1 saturated heterocycles. The van der Waals surface area contributed by atoms with E-state index in [0.717, 1.165) is 42.8 Å². The minimum atomic E-state index is 0.259. The van der Waals surface area contributed by atoms with Crippen LogP contribution < -0.4 is 15.4 Å². The average molecular weight is 435 g/mol. The molecule has 2 aromatic carbocycles. The average Bonchev–Trinajstić information content (AvgIpc) is 3.55. The Morgan fingerprint density at radius 3 is 2.69 bits per heavy atom.